The molecule has 1 fully saturated rings. The number of rotatable bonds is 5. The van der Waals surface area contributed by atoms with Gasteiger partial charge in [-0.1, -0.05) is 24.3 Å². The minimum Gasteiger partial charge on any atom is -0.339 e. The first-order valence-electron chi connectivity index (χ1n) is 8.66. The van der Waals surface area contributed by atoms with Crippen molar-refractivity contribution in [2.45, 2.75) is 12.8 Å². The Morgan fingerprint density at radius 1 is 1.07 bits per heavy atom. The number of benzene rings is 2. The minimum absolute atomic E-state index is 0.0425. The Morgan fingerprint density at radius 2 is 1.81 bits per heavy atom. The number of carbonyl (C=O) groups excluding carboxylic acids is 2. The maximum Gasteiger partial charge on any atom is 0.270 e. The molecule has 2 amide bonds. The maximum absolute atomic E-state index is 12.6. The van der Waals surface area contributed by atoms with Crippen molar-refractivity contribution in [2.24, 2.45) is 0 Å². The van der Waals surface area contributed by atoms with Gasteiger partial charge in [0.05, 0.1) is 16.2 Å². The molecule has 7 heteroatoms. The summed E-state index contributed by atoms with van der Waals surface area (Å²) >= 11 is 0. The number of non-ortho nitro benzene ring substituents is 1. The highest BCUT2D eigenvalue weighted by Crippen LogP contribution is 2.20. The summed E-state index contributed by atoms with van der Waals surface area (Å²) in [6, 6.07) is 12.9. The second-order valence-corrected chi connectivity index (χ2v) is 6.22. The van der Waals surface area contributed by atoms with Crippen molar-refractivity contribution in [3.63, 3.8) is 0 Å². The first-order chi connectivity index (χ1) is 13.0. The van der Waals surface area contributed by atoms with E-state index in [1.165, 1.54) is 24.3 Å². The fraction of sp³-hybridized carbons (Fsp3) is 0.200. The van der Waals surface area contributed by atoms with Gasteiger partial charge in [-0.05, 0) is 36.6 Å². The number of anilines is 1. The molecule has 2 aromatic carbocycles. The van der Waals surface area contributed by atoms with Crippen molar-refractivity contribution < 1.29 is 14.5 Å². The Morgan fingerprint density at radius 3 is 2.56 bits per heavy atom. The highest BCUT2D eigenvalue weighted by molar-refractivity contribution is 6.07. The molecule has 0 aliphatic carbocycles. The van der Waals surface area contributed by atoms with Crippen molar-refractivity contribution >= 4 is 29.3 Å². The third kappa shape index (κ3) is 4.58. The van der Waals surface area contributed by atoms with Crippen molar-refractivity contribution in [3.05, 3.63) is 75.8 Å². The Labute approximate surface area is 156 Å². The van der Waals surface area contributed by atoms with E-state index in [-0.39, 0.29) is 11.6 Å². The molecular weight excluding hydrogens is 346 g/mol. The van der Waals surface area contributed by atoms with Gasteiger partial charge in [-0.3, -0.25) is 19.7 Å². The molecule has 0 bridgehead atoms. The van der Waals surface area contributed by atoms with Crippen molar-refractivity contribution in [3.8, 4) is 0 Å². The molecule has 1 N–H and O–H groups in total. The summed E-state index contributed by atoms with van der Waals surface area (Å²) in [6.07, 6.45) is 4.77. The second-order valence-electron chi connectivity index (χ2n) is 6.22. The summed E-state index contributed by atoms with van der Waals surface area (Å²) < 4.78 is 0. The van der Waals surface area contributed by atoms with E-state index in [1.54, 1.807) is 41.3 Å². The van der Waals surface area contributed by atoms with E-state index in [4.69, 9.17) is 0 Å². The molecule has 0 aromatic heterocycles. The molecule has 0 radical (unpaired) electrons. The second kappa shape index (κ2) is 8.27. The Bertz CT molecular complexity index is 902. The van der Waals surface area contributed by atoms with E-state index in [9.17, 15) is 19.7 Å². The van der Waals surface area contributed by atoms with Crippen molar-refractivity contribution in [1.82, 2.24) is 4.90 Å². The molecule has 1 saturated heterocycles. The van der Waals surface area contributed by atoms with Gasteiger partial charge in [0, 0.05) is 31.3 Å². The largest absolute Gasteiger partial charge is 0.339 e. The molecule has 1 aliphatic heterocycles. The van der Waals surface area contributed by atoms with Crippen LogP contribution in [-0.2, 0) is 4.79 Å². The van der Waals surface area contributed by atoms with Crippen molar-refractivity contribution in [2.75, 3.05) is 18.4 Å². The number of nitro groups is 1. The third-order valence-corrected chi connectivity index (χ3v) is 4.32. The van der Waals surface area contributed by atoms with E-state index < -0.39 is 10.8 Å². The molecule has 0 saturated carbocycles. The van der Waals surface area contributed by atoms with E-state index in [0.717, 1.165) is 25.9 Å². The highest BCUT2D eigenvalue weighted by Gasteiger charge is 2.21. The summed E-state index contributed by atoms with van der Waals surface area (Å²) in [4.78, 5) is 37.0. The van der Waals surface area contributed by atoms with E-state index in [0.29, 0.717) is 16.8 Å². The number of hydrogen-bond acceptors (Lipinski definition) is 4. The lowest BCUT2D eigenvalue weighted by Gasteiger charge is -2.17. The zero-order valence-corrected chi connectivity index (χ0v) is 14.6. The normalized spacial score (nSPS) is 13.7. The predicted molar refractivity (Wildman–Crippen MR) is 102 cm³/mol. The number of para-hydroxylation sites is 1. The standard InChI is InChI=1S/C20H19N3O4/c24-19(11-10-15-6-5-7-16(14-15)23(26)27)21-18-9-2-1-8-17(18)20(25)22-12-3-4-13-22/h1-2,5-11,14H,3-4,12-13H2,(H,21,24). The van der Waals surface area contributed by atoms with Crippen molar-refractivity contribution in [1.29, 1.82) is 0 Å². The van der Waals surface area contributed by atoms with Gasteiger partial charge in [-0.25, -0.2) is 0 Å². The molecular formula is C20H19N3O4. The number of likely N-dealkylation sites (tertiary alicyclic amines) is 1. The Hall–Kier alpha value is -3.48. The molecule has 0 unspecified atom stereocenters. The molecule has 0 spiro atoms. The van der Waals surface area contributed by atoms with Gasteiger partial charge in [0.2, 0.25) is 5.91 Å². The third-order valence-electron chi connectivity index (χ3n) is 4.32. The van der Waals surface area contributed by atoms with Crippen LogP contribution >= 0.6 is 0 Å². The summed E-state index contributed by atoms with van der Waals surface area (Å²) in [5.74, 6) is -0.505. The summed E-state index contributed by atoms with van der Waals surface area (Å²) in [5, 5.41) is 13.5. The van der Waals surface area contributed by atoms with Gasteiger partial charge >= 0.3 is 0 Å². The lowest BCUT2D eigenvalue weighted by molar-refractivity contribution is -0.384. The highest BCUT2D eigenvalue weighted by atomic mass is 16.6. The van der Waals surface area contributed by atoms with Gasteiger partial charge in [-0.2, -0.15) is 0 Å². The number of amides is 2. The fourth-order valence-corrected chi connectivity index (χ4v) is 2.96. The SMILES string of the molecule is O=C(C=Cc1cccc([N+](=O)[O-])c1)Nc1ccccc1C(=O)N1CCCC1. The van der Waals surface area contributed by atoms with Gasteiger partial charge in [0.1, 0.15) is 0 Å². The van der Waals surface area contributed by atoms with Crippen LogP contribution < -0.4 is 5.32 Å². The van der Waals surface area contributed by atoms with Crippen LogP contribution in [0.5, 0.6) is 0 Å². The van der Waals surface area contributed by atoms with Crippen LogP contribution in [0.1, 0.15) is 28.8 Å². The maximum atomic E-state index is 12.6. The average Bonchev–Trinajstić information content (AvgIpc) is 3.21. The smallest absolute Gasteiger partial charge is 0.270 e. The van der Waals surface area contributed by atoms with Crippen LogP contribution in [0.15, 0.2) is 54.6 Å². The van der Waals surface area contributed by atoms with Gasteiger partial charge in [0.15, 0.2) is 0 Å². The molecule has 2 aromatic rings. The first kappa shape index (κ1) is 18.3. The van der Waals surface area contributed by atoms with Gasteiger partial charge in [0.25, 0.3) is 11.6 Å². The molecule has 3 rings (SSSR count). The summed E-state index contributed by atoms with van der Waals surface area (Å²) in [7, 11) is 0. The topological polar surface area (TPSA) is 92.5 Å². The number of nitro benzene ring substituents is 1. The zero-order valence-electron chi connectivity index (χ0n) is 14.6. The summed E-state index contributed by atoms with van der Waals surface area (Å²) in [6.45, 7) is 1.46. The summed E-state index contributed by atoms with van der Waals surface area (Å²) in [5.41, 5.74) is 1.40. The van der Waals surface area contributed by atoms with Crippen LogP contribution in [0.3, 0.4) is 0 Å². The zero-order chi connectivity index (χ0) is 19.2. The van der Waals surface area contributed by atoms with Gasteiger partial charge in [-0.15, -0.1) is 0 Å². The lowest BCUT2D eigenvalue weighted by atomic mass is 10.1. The fourth-order valence-electron chi connectivity index (χ4n) is 2.96. The number of nitrogens with zero attached hydrogens (tertiary/aromatic N) is 2. The molecule has 1 aliphatic rings. The van der Waals surface area contributed by atoms with E-state index in [1.807, 2.05) is 0 Å². The molecule has 0 atom stereocenters. The monoisotopic (exact) mass is 365 g/mol. The minimum atomic E-state index is -0.488. The van der Waals surface area contributed by atoms with Crippen LogP contribution in [0.4, 0.5) is 11.4 Å². The number of nitrogens with one attached hydrogen (secondary N) is 1. The van der Waals surface area contributed by atoms with E-state index in [2.05, 4.69) is 5.32 Å². The lowest BCUT2D eigenvalue weighted by Crippen LogP contribution is -2.28. The van der Waals surface area contributed by atoms with E-state index >= 15 is 0 Å². The molecule has 7 nitrogen and oxygen atoms in total. The van der Waals surface area contributed by atoms with Crippen LogP contribution in [0.2, 0.25) is 0 Å². The molecule has 1 heterocycles. The average molecular weight is 365 g/mol. The predicted octanol–water partition coefficient (Wildman–Crippen LogP) is 3.48. The molecule has 138 valence electrons. The first-order valence-corrected chi connectivity index (χ1v) is 8.66. The number of carbonyl (C=O) groups is 2. The Balaban J connectivity index is 1.72. The van der Waals surface area contributed by atoms with Crippen LogP contribution in [0.25, 0.3) is 6.08 Å². The quantitative estimate of drug-likeness (QED) is 0.499. The van der Waals surface area contributed by atoms with Crippen LogP contribution in [0, 0.1) is 10.1 Å². The molecule has 27 heavy (non-hydrogen) atoms. The van der Waals surface area contributed by atoms with Crippen LogP contribution in [-0.4, -0.2) is 34.7 Å². The Kier molecular flexibility index (Phi) is 5.61. The number of hydrogen-bond donors (Lipinski definition) is 1. The van der Waals surface area contributed by atoms with Gasteiger partial charge < -0.3 is 10.2 Å².